The molecule has 0 saturated heterocycles. The fraction of sp³-hybridized carbons (Fsp3) is 0.294. The lowest BCUT2D eigenvalue weighted by Crippen LogP contribution is -2.28. The molecule has 0 fully saturated rings. The van der Waals surface area contributed by atoms with E-state index in [1.54, 1.807) is 6.21 Å². The number of aromatic nitrogens is 4. The highest BCUT2D eigenvalue weighted by Gasteiger charge is 2.20. The molecule has 0 aliphatic carbocycles. The molecule has 0 aliphatic heterocycles. The van der Waals surface area contributed by atoms with Gasteiger partial charge in [-0.3, -0.25) is 9.78 Å². The van der Waals surface area contributed by atoms with Crippen molar-refractivity contribution >= 4 is 23.1 Å². The number of nitrogens with one attached hydrogen (secondary N) is 3. The molecule has 24 heavy (non-hydrogen) atoms. The Kier molecular flexibility index (Phi) is 3.92. The molecule has 1 aromatic carbocycles. The van der Waals surface area contributed by atoms with Crippen LogP contribution in [0.1, 0.15) is 37.7 Å². The predicted molar refractivity (Wildman–Crippen MR) is 95.6 cm³/mol. The lowest BCUT2D eigenvalue weighted by atomic mass is 9.93. The highest BCUT2D eigenvalue weighted by molar-refractivity contribution is 6.00. The minimum Gasteiger partial charge on any atom is -0.358 e. The van der Waals surface area contributed by atoms with E-state index in [0.717, 1.165) is 22.2 Å². The van der Waals surface area contributed by atoms with Crippen molar-refractivity contribution in [3.05, 3.63) is 51.6 Å². The molecular formula is C17H20N6O. The van der Waals surface area contributed by atoms with Crippen molar-refractivity contribution in [2.75, 3.05) is 5.43 Å². The number of nitrogens with zero attached hydrogens (tertiary/aromatic N) is 3. The van der Waals surface area contributed by atoms with E-state index in [-0.39, 0.29) is 16.9 Å². The Morgan fingerprint density at radius 1 is 1.17 bits per heavy atom. The number of fused-ring (bicyclic) bond motifs is 1. The zero-order valence-electron chi connectivity index (χ0n) is 14.1. The number of aromatic amines is 2. The molecule has 0 amide bonds. The first-order valence-corrected chi connectivity index (χ1v) is 7.70. The molecule has 3 N–H and O–H groups in total. The Hall–Kier alpha value is -2.96. The topological polar surface area (TPSA) is 98.8 Å². The molecule has 2 aromatic heterocycles. The van der Waals surface area contributed by atoms with Crippen LogP contribution in [0.3, 0.4) is 0 Å². The minimum atomic E-state index is -0.358. The zero-order chi connectivity index (χ0) is 17.3. The second-order valence-corrected chi connectivity index (χ2v) is 6.68. The Bertz CT molecular complexity index is 961. The molecule has 3 aromatic rings. The molecule has 0 bridgehead atoms. The molecule has 0 radical (unpaired) electrons. The summed E-state index contributed by atoms with van der Waals surface area (Å²) in [7, 11) is 0. The van der Waals surface area contributed by atoms with Gasteiger partial charge in [0.1, 0.15) is 5.69 Å². The normalized spacial score (nSPS) is 12.2. The van der Waals surface area contributed by atoms with E-state index in [1.165, 1.54) is 0 Å². The second-order valence-electron chi connectivity index (χ2n) is 6.68. The largest absolute Gasteiger partial charge is 0.358 e. The van der Waals surface area contributed by atoms with Crippen molar-refractivity contribution in [2.24, 2.45) is 5.10 Å². The second kappa shape index (κ2) is 5.92. The number of hydrazone groups is 1. The summed E-state index contributed by atoms with van der Waals surface area (Å²) < 4.78 is 0. The maximum Gasteiger partial charge on any atom is 0.274 e. The van der Waals surface area contributed by atoms with Crippen LogP contribution in [0.15, 0.2) is 34.2 Å². The first-order valence-electron chi connectivity index (χ1n) is 7.70. The average Bonchev–Trinajstić information content (AvgIpc) is 2.82. The van der Waals surface area contributed by atoms with Gasteiger partial charge in [-0.2, -0.15) is 5.10 Å². The predicted octanol–water partition coefficient (Wildman–Crippen LogP) is 2.70. The molecule has 124 valence electrons. The number of hydrogen-bond donors (Lipinski definition) is 3. The summed E-state index contributed by atoms with van der Waals surface area (Å²) in [4.78, 5) is 18.0. The standard InChI is InChI=1S/C17H20N6O/c1-10-12(11-7-5-6-8-13(11)19-10)9-18-22-16-20-15(24)14(21-23-16)17(2,3)4/h5-9,19H,1-4H3,(H2,20,22,23,24)/b18-9+. The van der Waals surface area contributed by atoms with Gasteiger partial charge in [0, 0.05) is 27.6 Å². The van der Waals surface area contributed by atoms with Crippen LogP contribution in [-0.4, -0.2) is 26.4 Å². The summed E-state index contributed by atoms with van der Waals surface area (Å²) >= 11 is 0. The molecule has 0 spiro atoms. The van der Waals surface area contributed by atoms with Crippen molar-refractivity contribution in [3.8, 4) is 0 Å². The number of rotatable bonds is 3. The van der Waals surface area contributed by atoms with E-state index in [2.05, 4.69) is 30.7 Å². The SMILES string of the molecule is Cc1[nH]c2ccccc2c1/C=N/Nc1nnc(C(C)(C)C)c(=O)[nH]1. The van der Waals surface area contributed by atoms with Gasteiger partial charge in [0.2, 0.25) is 5.95 Å². The molecule has 0 unspecified atom stereocenters. The smallest absolute Gasteiger partial charge is 0.274 e. The highest BCUT2D eigenvalue weighted by atomic mass is 16.1. The number of H-pyrrole nitrogens is 2. The van der Waals surface area contributed by atoms with E-state index < -0.39 is 0 Å². The summed E-state index contributed by atoms with van der Waals surface area (Å²) in [6.45, 7) is 7.73. The quantitative estimate of drug-likeness (QED) is 0.509. The number of anilines is 1. The molecule has 2 heterocycles. The zero-order valence-corrected chi connectivity index (χ0v) is 14.1. The molecule has 0 aliphatic rings. The lowest BCUT2D eigenvalue weighted by Gasteiger charge is -2.15. The number of aryl methyl sites for hydroxylation is 1. The number of hydrogen-bond acceptors (Lipinski definition) is 5. The van der Waals surface area contributed by atoms with Crippen LogP contribution in [0.2, 0.25) is 0 Å². The monoisotopic (exact) mass is 324 g/mol. The highest BCUT2D eigenvalue weighted by Crippen LogP contribution is 2.20. The van der Waals surface area contributed by atoms with Gasteiger partial charge in [-0.05, 0) is 13.0 Å². The van der Waals surface area contributed by atoms with Crippen LogP contribution in [0.25, 0.3) is 10.9 Å². The van der Waals surface area contributed by atoms with Crippen LogP contribution in [0.4, 0.5) is 5.95 Å². The Balaban J connectivity index is 1.83. The van der Waals surface area contributed by atoms with Gasteiger partial charge in [0.15, 0.2) is 0 Å². The van der Waals surface area contributed by atoms with Crippen LogP contribution >= 0.6 is 0 Å². The van der Waals surface area contributed by atoms with Gasteiger partial charge in [-0.25, -0.2) is 5.43 Å². The average molecular weight is 324 g/mol. The molecule has 7 heteroatoms. The van der Waals surface area contributed by atoms with Crippen molar-refractivity contribution in [3.63, 3.8) is 0 Å². The van der Waals surface area contributed by atoms with Gasteiger partial charge in [0.25, 0.3) is 5.56 Å². The summed E-state index contributed by atoms with van der Waals surface area (Å²) in [6.07, 6.45) is 1.70. The summed E-state index contributed by atoms with van der Waals surface area (Å²) in [5.41, 5.74) is 5.55. The molecule has 0 atom stereocenters. The van der Waals surface area contributed by atoms with E-state index in [4.69, 9.17) is 0 Å². The first-order chi connectivity index (χ1) is 11.4. The van der Waals surface area contributed by atoms with Gasteiger partial charge in [0.05, 0.1) is 6.21 Å². The van der Waals surface area contributed by atoms with Crippen LogP contribution in [0, 0.1) is 6.92 Å². The third-order valence-electron chi connectivity index (χ3n) is 3.71. The van der Waals surface area contributed by atoms with E-state index in [9.17, 15) is 4.79 Å². The molecule has 7 nitrogen and oxygen atoms in total. The van der Waals surface area contributed by atoms with Crippen LogP contribution in [0.5, 0.6) is 0 Å². The van der Waals surface area contributed by atoms with E-state index in [1.807, 2.05) is 52.0 Å². The lowest BCUT2D eigenvalue weighted by molar-refractivity contribution is 0.547. The maximum absolute atomic E-state index is 12.1. The van der Waals surface area contributed by atoms with Crippen molar-refractivity contribution in [2.45, 2.75) is 33.1 Å². The third kappa shape index (κ3) is 3.05. The molecule has 3 rings (SSSR count). The van der Waals surface area contributed by atoms with E-state index >= 15 is 0 Å². The van der Waals surface area contributed by atoms with Gasteiger partial charge in [-0.15, -0.1) is 10.2 Å². The van der Waals surface area contributed by atoms with Gasteiger partial charge in [-0.1, -0.05) is 39.0 Å². The Morgan fingerprint density at radius 2 is 1.92 bits per heavy atom. The van der Waals surface area contributed by atoms with Gasteiger partial charge >= 0.3 is 0 Å². The first kappa shape index (κ1) is 15.9. The maximum atomic E-state index is 12.1. The third-order valence-corrected chi connectivity index (χ3v) is 3.71. The fourth-order valence-corrected chi connectivity index (χ4v) is 2.50. The molecular weight excluding hydrogens is 304 g/mol. The summed E-state index contributed by atoms with van der Waals surface area (Å²) in [5, 5.41) is 13.2. The van der Waals surface area contributed by atoms with Crippen LogP contribution < -0.4 is 11.0 Å². The van der Waals surface area contributed by atoms with Gasteiger partial charge < -0.3 is 4.98 Å². The Labute approximate surface area is 139 Å². The number of para-hydroxylation sites is 1. The molecule has 0 saturated carbocycles. The van der Waals surface area contributed by atoms with Crippen LogP contribution in [-0.2, 0) is 5.41 Å². The number of benzene rings is 1. The Morgan fingerprint density at radius 3 is 2.62 bits per heavy atom. The van der Waals surface area contributed by atoms with Crippen molar-refractivity contribution in [1.82, 2.24) is 20.2 Å². The summed E-state index contributed by atoms with van der Waals surface area (Å²) in [5.74, 6) is 0.210. The van der Waals surface area contributed by atoms with Crippen molar-refractivity contribution in [1.29, 1.82) is 0 Å². The summed E-state index contributed by atoms with van der Waals surface area (Å²) in [6, 6.07) is 8.00. The van der Waals surface area contributed by atoms with Crippen molar-refractivity contribution < 1.29 is 0 Å². The van der Waals surface area contributed by atoms with E-state index in [0.29, 0.717) is 5.69 Å². The minimum absolute atomic E-state index is 0.210. The fourth-order valence-electron chi connectivity index (χ4n) is 2.50.